The molecule has 108 heavy (non-hydrogen) atoms. The van der Waals surface area contributed by atoms with Gasteiger partial charge < -0.3 is 64.8 Å². The van der Waals surface area contributed by atoms with Crippen molar-refractivity contribution >= 4 is 70.9 Å². The molecule has 8 aliphatic rings. The van der Waals surface area contributed by atoms with Gasteiger partial charge in [-0.2, -0.15) is 26.3 Å². The van der Waals surface area contributed by atoms with Crippen LogP contribution in [0.25, 0.3) is 0 Å². The average Bonchev–Trinajstić information content (AvgIpc) is 1.54. The molecule has 4 aliphatic carbocycles. The first-order valence-electron chi connectivity index (χ1n) is 38.9. The number of nitrogens with one attached hydrogen (secondary N) is 3. The topological polar surface area (TPSA) is 279 Å². The predicted octanol–water partition coefficient (Wildman–Crippen LogP) is 6.25. The molecule has 0 aromatic heterocycles. The zero-order chi connectivity index (χ0) is 79.6. The van der Waals surface area contributed by atoms with E-state index >= 15 is 37.5 Å². The lowest BCUT2D eigenvalue weighted by molar-refractivity contribution is -0.219. The minimum absolute atomic E-state index is 0.00266. The Kier molecular flexibility index (Phi) is 29.8. The minimum Gasteiger partial charge on any atom is -0.377 e. The van der Waals surface area contributed by atoms with Crippen molar-refractivity contribution in [1.82, 2.24) is 60.0 Å². The molecular formula is C75H114F8N12O13. The number of ether oxygens (including phenoxy) is 1. The predicted molar refractivity (Wildman–Crippen MR) is 379 cm³/mol. The van der Waals surface area contributed by atoms with Crippen molar-refractivity contribution in [2.45, 2.75) is 266 Å². The number of halogens is 8. The summed E-state index contributed by atoms with van der Waals surface area (Å²) in [6.45, 7) is 5.32. The fraction of sp³-hybridized carbons (Fsp3) is 0.813. The second kappa shape index (κ2) is 37.2. The molecular weight excluding hydrogens is 1430 g/mol. The van der Waals surface area contributed by atoms with E-state index < -0.39 is 230 Å². The standard InChI is InChI=1S/C75H114F8N12O13/c1-11-44(3)62-70(105)88(6)43-60(98)90(8)54-24-15-13-20-35-94(69(54)104)57(38-46-25-28-49(29-26-46)74(78,79)80)67(102)87(5)42-58(96)84-53(30-27-47-36-51(76)61(52(77)37-47)75(81,82)83)66(101)95-41-50(108-12-2)39-55(95)65(100)86-73(31-21-32-73)72(107)92(10)63(48-22-16-17-23-48)71(106)91(9)56(68(103)93-33-18-14-19-34-93)40-59(97)89(7)45(4)64(99)85-62/h13,15,44-57,61-63H,11-12,14,16-43H2,1-10H3,(H,84,96)(H,85,99)(H,86,100)/b15-13-/t44-,45-,46?,47?,49?,50+,51?,52?,53-,54-,55-,56-,57-,61?,62-,63-/m0/s1. The van der Waals surface area contributed by atoms with Gasteiger partial charge in [0, 0.05) is 81.5 Å². The van der Waals surface area contributed by atoms with Crippen LogP contribution in [0.3, 0.4) is 0 Å². The van der Waals surface area contributed by atoms with Crippen LogP contribution in [0.1, 0.15) is 182 Å². The van der Waals surface area contributed by atoms with Gasteiger partial charge in [-0.25, -0.2) is 8.78 Å². The molecule has 4 aliphatic heterocycles. The smallest absolute Gasteiger partial charge is 0.377 e. The summed E-state index contributed by atoms with van der Waals surface area (Å²) in [7, 11) is 8.02. The number of rotatable bonds is 11. The number of piperidine rings is 1. The van der Waals surface area contributed by atoms with Crippen LogP contribution in [-0.2, 0) is 62.3 Å². The van der Waals surface area contributed by atoms with E-state index in [1.165, 1.54) is 63.9 Å². The molecule has 12 amide bonds. The molecule has 25 nitrogen and oxygen atoms in total. The van der Waals surface area contributed by atoms with Crippen LogP contribution in [0.4, 0.5) is 35.1 Å². The summed E-state index contributed by atoms with van der Waals surface area (Å²) in [5.41, 5.74) is -1.68. The molecule has 8 rings (SSSR count). The average molecular weight is 1540 g/mol. The highest BCUT2D eigenvalue weighted by Crippen LogP contribution is 2.46. The Morgan fingerprint density at radius 1 is 0.620 bits per heavy atom. The number of alkyl halides is 8. The van der Waals surface area contributed by atoms with Crippen molar-refractivity contribution in [2.75, 3.05) is 88.2 Å². The number of likely N-dealkylation sites (tertiary alicyclic amines) is 1. The number of likely N-dealkylation sites (N-methyl/N-ethyl adjacent to an activating group) is 6. The Labute approximate surface area is 628 Å². The maximum absolute atomic E-state index is 15.6. The molecule has 0 radical (unpaired) electrons. The van der Waals surface area contributed by atoms with Crippen molar-refractivity contribution < 1.29 is 97.4 Å². The molecule has 2 unspecified atom stereocenters. The van der Waals surface area contributed by atoms with Crippen LogP contribution in [-0.4, -0.2) is 288 Å². The first-order chi connectivity index (χ1) is 50.8. The lowest BCUT2D eigenvalue weighted by Crippen LogP contribution is -2.68. The van der Waals surface area contributed by atoms with Crippen molar-refractivity contribution in [3.05, 3.63) is 12.2 Å². The molecule has 33 heteroatoms. The second-order valence-electron chi connectivity index (χ2n) is 31.8. The Morgan fingerprint density at radius 2 is 1.25 bits per heavy atom. The summed E-state index contributed by atoms with van der Waals surface area (Å²) in [6.07, 6.45) is -11.0. The number of carbonyl (C=O) groups is 12. The summed E-state index contributed by atoms with van der Waals surface area (Å²) in [5.74, 6) is -16.6. The number of nitrogens with zero attached hydrogens (tertiary/aromatic N) is 9. The molecule has 0 aromatic rings. The summed E-state index contributed by atoms with van der Waals surface area (Å²) < 4.78 is 121. The maximum Gasteiger partial charge on any atom is 0.397 e. The lowest BCUT2D eigenvalue weighted by atomic mass is 9.74. The molecule has 0 aromatic carbocycles. The van der Waals surface area contributed by atoms with E-state index in [4.69, 9.17) is 4.74 Å². The number of hydrogen-bond acceptors (Lipinski definition) is 13. The summed E-state index contributed by atoms with van der Waals surface area (Å²) >= 11 is 0. The SMILES string of the molecule is CCO[C@@H]1C[C@H]2C(=O)NC3(CCC3)C(=O)N(C)[C@@H](C3CCCC3)C(=O)N(C)[C@H](C(=O)N3CCCCC3)CC(=O)N(C)[C@@H](C)C(=O)N[C@@H]([C@@H](C)CC)C(=O)N(C)CC(=O)N(C)[C@H]3C/C=C\CCN(C3=O)[C@@H](CC3CCC(C(F)(F)F)CC3)C(=O)N(C)CC(=O)N[C@@H](CCC3CC(F)C(C(F)(F)F)C(F)C3)C(=O)N2C1. The summed E-state index contributed by atoms with van der Waals surface area (Å²) in [4.78, 5) is 192. The third-order valence-corrected chi connectivity index (χ3v) is 24.6. The van der Waals surface area contributed by atoms with Gasteiger partial charge in [0.25, 0.3) is 0 Å². The number of hydrogen-bond donors (Lipinski definition) is 3. The van der Waals surface area contributed by atoms with Crippen LogP contribution >= 0.6 is 0 Å². The van der Waals surface area contributed by atoms with E-state index in [1.807, 2.05) is 0 Å². The van der Waals surface area contributed by atoms with Gasteiger partial charge in [-0.15, -0.1) is 0 Å². The lowest BCUT2D eigenvalue weighted by Gasteiger charge is -2.47. The van der Waals surface area contributed by atoms with Gasteiger partial charge in [0.05, 0.1) is 31.5 Å². The van der Waals surface area contributed by atoms with E-state index in [9.17, 15) is 55.1 Å². The van der Waals surface area contributed by atoms with E-state index in [0.717, 1.165) is 30.9 Å². The highest BCUT2D eigenvalue weighted by atomic mass is 19.4. The van der Waals surface area contributed by atoms with E-state index in [0.29, 0.717) is 64.5 Å². The van der Waals surface area contributed by atoms with E-state index in [1.54, 1.807) is 37.8 Å². The summed E-state index contributed by atoms with van der Waals surface area (Å²) in [5, 5.41) is 8.35. The zero-order valence-corrected chi connectivity index (χ0v) is 64.2. The quantitative estimate of drug-likeness (QED) is 0.153. The molecule has 4 heterocycles. The zero-order valence-electron chi connectivity index (χ0n) is 64.2. The van der Waals surface area contributed by atoms with Gasteiger partial charge in [0.2, 0.25) is 70.9 Å². The van der Waals surface area contributed by atoms with Gasteiger partial charge in [-0.1, -0.05) is 45.3 Å². The van der Waals surface area contributed by atoms with E-state index in [-0.39, 0.29) is 90.3 Å². The van der Waals surface area contributed by atoms with Gasteiger partial charge >= 0.3 is 12.4 Å². The minimum atomic E-state index is -5.22. The monoisotopic (exact) mass is 1540 g/mol. The Hall–Kier alpha value is -7.22. The number of carbonyl (C=O) groups excluding carboxylic acids is 12. The Bertz CT molecular complexity index is 3240. The van der Waals surface area contributed by atoms with Crippen LogP contribution < -0.4 is 16.0 Å². The fourth-order valence-corrected chi connectivity index (χ4v) is 17.4. The normalized spacial score (nSPS) is 32.8. The largest absolute Gasteiger partial charge is 0.397 e. The van der Waals surface area contributed by atoms with Gasteiger partial charge in [0.15, 0.2) is 0 Å². The Morgan fingerprint density at radius 3 is 1.83 bits per heavy atom. The highest BCUT2D eigenvalue weighted by molar-refractivity contribution is 6.01. The first-order valence-corrected chi connectivity index (χ1v) is 38.9. The molecule has 4 saturated carbocycles. The first kappa shape index (κ1) is 86.4. The third kappa shape index (κ3) is 20.5. The highest BCUT2D eigenvalue weighted by Gasteiger charge is 2.56. The molecule has 2 bridgehead atoms. The van der Waals surface area contributed by atoms with Crippen molar-refractivity contribution in [3.63, 3.8) is 0 Å². The summed E-state index contributed by atoms with van der Waals surface area (Å²) in [6, 6.07) is -11.3. The third-order valence-electron chi connectivity index (χ3n) is 24.6. The molecule has 7 fully saturated rings. The van der Waals surface area contributed by atoms with Crippen LogP contribution in [0.2, 0.25) is 0 Å². The van der Waals surface area contributed by atoms with Gasteiger partial charge in [-0.3, -0.25) is 57.5 Å². The fourth-order valence-electron chi connectivity index (χ4n) is 17.4. The van der Waals surface area contributed by atoms with Crippen LogP contribution in [0.5, 0.6) is 0 Å². The second-order valence-corrected chi connectivity index (χ2v) is 31.8. The number of fused-ring (bicyclic) bond motifs is 3. The molecule has 12 atom stereocenters. The van der Waals surface area contributed by atoms with Crippen molar-refractivity contribution in [2.24, 2.45) is 35.5 Å². The molecule has 1 spiro atoms. The number of amides is 12. The van der Waals surface area contributed by atoms with Crippen molar-refractivity contribution in [3.8, 4) is 0 Å². The molecule has 608 valence electrons. The van der Waals surface area contributed by atoms with Crippen LogP contribution in [0, 0.1) is 35.5 Å². The van der Waals surface area contributed by atoms with Gasteiger partial charge in [0.1, 0.15) is 72.1 Å². The maximum atomic E-state index is 15.6. The molecule has 3 saturated heterocycles. The van der Waals surface area contributed by atoms with Crippen LogP contribution in [0.15, 0.2) is 12.2 Å². The van der Waals surface area contributed by atoms with Gasteiger partial charge in [-0.05, 0) is 160 Å². The molecule has 3 N–H and O–H groups in total. The van der Waals surface area contributed by atoms with E-state index in [2.05, 4.69) is 16.0 Å². The van der Waals surface area contributed by atoms with Crippen molar-refractivity contribution in [1.29, 1.82) is 0 Å². The Balaban J connectivity index is 1.19.